The number of hydrogen-bond donors (Lipinski definition) is 1. The maximum Gasteiger partial charge on any atom is 0.336 e. The Bertz CT molecular complexity index is 1230. The Morgan fingerprint density at radius 2 is 1.70 bits per heavy atom. The third-order valence-corrected chi connectivity index (χ3v) is 6.54. The van der Waals surface area contributed by atoms with Crippen LogP contribution in [0.3, 0.4) is 0 Å². The second kappa shape index (κ2) is 8.34. The summed E-state index contributed by atoms with van der Waals surface area (Å²) in [5.41, 5.74) is 4.42. The van der Waals surface area contributed by atoms with Crippen LogP contribution < -0.4 is 10.8 Å². The average molecular weight is 429 g/mol. The molecule has 160 valence electrons. The lowest BCUT2D eigenvalue weighted by Crippen LogP contribution is -2.23. The Morgan fingerprint density at radius 1 is 1.07 bits per heavy atom. The number of hydrogen-bond acceptors (Lipinski definition) is 5. The SMILES string of the molecule is Cc1cc2oc(=O)cc(CN(C)C(C)c3ccc(S(N)(=O)=O)cc3)c2cc1C(C)C. The number of aryl methyl sites for hydroxylation is 1. The number of benzene rings is 2. The monoisotopic (exact) mass is 428 g/mol. The molecule has 2 N–H and O–H groups in total. The van der Waals surface area contributed by atoms with Crippen molar-refractivity contribution in [3.05, 3.63) is 75.1 Å². The summed E-state index contributed by atoms with van der Waals surface area (Å²) in [5, 5.41) is 6.12. The van der Waals surface area contributed by atoms with E-state index in [2.05, 4.69) is 24.8 Å². The molecule has 7 heteroatoms. The predicted molar refractivity (Wildman–Crippen MR) is 119 cm³/mol. The first-order valence-electron chi connectivity index (χ1n) is 9.87. The van der Waals surface area contributed by atoms with Gasteiger partial charge in [-0.2, -0.15) is 0 Å². The van der Waals surface area contributed by atoms with Gasteiger partial charge in [-0.25, -0.2) is 18.4 Å². The van der Waals surface area contributed by atoms with Crippen molar-refractivity contribution in [2.45, 2.75) is 51.1 Å². The maximum absolute atomic E-state index is 12.1. The fourth-order valence-electron chi connectivity index (χ4n) is 3.74. The van der Waals surface area contributed by atoms with E-state index in [1.54, 1.807) is 18.2 Å². The molecule has 3 aromatic rings. The Kier molecular flexibility index (Phi) is 6.17. The van der Waals surface area contributed by atoms with Crippen molar-refractivity contribution in [2.75, 3.05) is 7.05 Å². The van der Waals surface area contributed by atoms with Crippen LogP contribution in [0.15, 0.2) is 56.6 Å². The summed E-state index contributed by atoms with van der Waals surface area (Å²) in [6.45, 7) is 8.89. The molecule has 6 nitrogen and oxygen atoms in total. The Balaban J connectivity index is 1.94. The van der Waals surface area contributed by atoms with Crippen molar-refractivity contribution in [2.24, 2.45) is 5.14 Å². The molecular weight excluding hydrogens is 400 g/mol. The lowest BCUT2D eigenvalue weighted by molar-refractivity contribution is 0.253. The van der Waals surface area contributed by atoms with Gasteiger partial charge in [0.25, 0.3) is 0 Å². The van der Waals surface area contributed by atoms with Gasteiger partial charge in [-0.05, 0) is 73.3 Å². The molecule has 1 aromatic heterocycles. The van der Waals surface area contributed by atoms with Gasteiger partial charge in [0.1, 0.15) is 5.58 Å². The van der Waals surface area contributed by atoms with Crippen LogP contribution in [0.4, 0.5) is 0 Å². The zero-order valence-corrected chi connectivity index (χ0v) is 18.8. The topological polar surface area (TPSA) is 93.6 Å². The highest BCUT2D eigenvalue weighted by atomic mass is 32.2. The van der Waals surface area contributed by atoms with Gasteiger partial charge in [-0.3, -0.25) is 4.90 Å². The first-order valence-corrected chi connectivity index (χ1v) is 11.4. The molecule has 2 aromatic carbocycles. The molecule has 1 unspecified atom stereocenters. The van der Waals surface area contributed by atoms with Crippen LogP contribution in [0.1, 0.15) is 55.0 Å². The van der Waals surface area contributed by atoms with Crippen LogP contribution in [0.5, 0.6) is 0 Å². The van der Waals surface area contributed by atoms with Gasteiger partial charge >= 0.3 is 5.63 Å². The van der Waals surface area contributed by atoms with E-state index in [9.17, 15) is 13.2 Å². The van der Waals surface area contributed by atoms with E-state index >= 15 is 0 Å². The summed E-state index contributed by atoms with van der Waals surface area (Å²) in [5.74, 6) is 0.364. The molecule has 0 saturated heterocycles. The van der Waals surface area contributed by atoms with E-state index < -0.39 is 10.0 Å². The van der Waals surface area contributed by atoms with Gasteiger partial charge in [0, 0.05) is 24.0 Å². The maximum atomic E-state index is 12.1. The fraction of sp³-hybridized carbons (Fsp3) is 0.348. The highest BCUT2D eigenvalue weighted by molar-refractivity contribution is 7.89. The van der Waals surface area contributed by atoms with Crippen LogP contribution in [-0.2, 0) is 16.6 Å². The van der Waals surface area contributed by atoms with E-state index in [4.69, 9.17) is 9.56 Å². The van der Waals surface area contributed by atoms with E-state index in [1.807, 2.05) is 27.0 Å². The summed E-state index contributed by atoms with van der Waals surface area (Å²) < 4.78 is 28.4. The second-order valence-corrected chi connectivity index (χ2v) is 9.72. The zero-order chi connectivity index (χ0) is 22.2. The highest BCUT2D eigenvalue weighted by Crippen LogP contribution is 2.29. The van der Waals surface area contributed by atoms with Gasteiger partial charge in [0.2, 0.25) is 10.0 Å². The van der Waals surface area contributed by atoms with E-state index in [1.165, 1.54) is 17.7 Å². The molecule has 0 bridgehead atoms. The van der Waals surface area contributed by atoms with Crippen LogP contribution in [0.2, 0.25) is 0 Å². The molecule has 3 rings (SSSR count). The zero-order valence-electron chi connectivity index (χ0n) is 18.0. The number of sulfonamides is 1. The van der Waals surface area contributed by atoms with Crippen LogP contribution in [0, 0.1) is 6.92 Å². The highest BCUT2D eigenvalue weighted by Gasteiger charge is 2.17. The molecule has 0 aliphatic carbocycles. The summed E-state index contributed by atoms with van der Waals surface area (Å²) >= 11 is 0. The van der Waals surface area contributed by atoms with E-state index in [0.717, 1.165) is 22.1 Å². The van der Waals surface area contributed by atoms with Gasteiger partial charge in [-0.1, -0.05) is 26.0 Å². The molecule has 1 atom stereocenters. The van der Waals surface area contributed by atoms with Gasteiger partial charge in [-0.15, -0.1) is 0 Å². The summed E-state index contributed by atoms with van der Waals surface area (Å²) in [7, 11) is -1.75. The third kappa shape index (κ3) is 4.64. The second-order valence-electron chi connectivity index (χ2n) is 8.16. The number of rotatable bonds is 6. The van der Waals surface area contributed by atoms with Gasteiger partial charge in [0.05, 0.1) is 4.90 Å². The molecule has 0 amide bonds. The minimum atomic E-state index is -3.72. The van der Waals surface area contributed by atoms with E-state index in [0.29, 0.717) is 18.0 Å². The van der Waals surface area contributed by atoms with Crippen molar-refractivity contribution in [3.8, 4) is 0 Å². The molecular formula is C23H28N2O4S. The molecule has 1 heterocycles. The number of nitrogens with two attached hydrogens (primary N) is 1. The molecule has 0 fully saturated rings. The van der Waals surface area contributed by atoms with Crippen molar-refractivity contribution < 1.29 is 12.8 Å². The fourth-order valence-corrected chi connectivity index (χ4v) is 4.26. The smallest absolute Gasteiger partial charge is 0.336 e. The lowest BCUT2D eigenvalue weighted by Gasteiger charge is -2.26. The summed E-state index contributed by atoms with van der Waals surface area (Å²) in [4.78, 5) is 14.3. The van der Waals surface area contributed by atoms with Crippen LogP contribution in [-0.4, -0.2) is 20.4 Å². The van der Waals surface area contributed by atoms with Crippen LogP contribution in [0.25, 0.3) is 11.0 Å². The largest absolute Gasteiger partial charge is 0.423 e. The first-order chi connectivity index (χ1) is 14.0. The van der Waals surface area contributed by atoms with Gasteiger partial charge < -0.3 is 4.42 Å². The standard InChI is InChI=1S/C23H28N2O4S/c1-14(2)20-12-21-18(11-23(26)29-22(21)10-15(20)3)13-25(5)16(4)17-6-8-19(9-7-17)30(24,27)28/h6-12,14,16H,13H2,1-5H3,(H2,24,27,28). The van der Waals surface area contributed by atoms with Crippen molar-refractivity contribution >= 4 is 21.0 Å². The molecule has 30 heavy (non-hydrogen) atoms. The van der Waals surface area contributed by atoms with E-state index in [-0.39, 0.29) is 16.6 Å². The molecule has 0 radical (unpaired) electrons. The predicted octanol–water partition coefficient (Wildman–Crippen LogP) is 4.07. The molecule has 0 spiro atoms. The normalized spacial score (nSPS) is 13.3. The summed E-state index contributed by atoms with van der Waals surface area (Å²) in [6, 6.07) is 12.2. The molecule has 0 aliphatic rings. The Hall–Kier alpha value is -2.48. The van der Waals surface area contributed by atoms with Crippen molar-refractivity contribution in [1.29, 1.82) is 0 Å². The van der Waals surface area contributed by atoms with Crippen molar-refractivity contribution in [1.82, 2.24) is 4.90 Å². The van der Waals surface area contributed by atoms with Gasteiger partial charge in [0.15, 0.2) is 0 Å². The molecule has 0 saturated carbocycles. The van der Waals surface area contributed by atoms with Crippen LogP contribution >= 0.6 is 0 Å². The Labute approximate surface area is 177 Å². The minimum absolute atomic E-state index is 0.00292. The minimum Gasteiger partial charge on any atom is -0.423 e. The third-order valence-electron chi connectivity index (χ3n) is 5.61. The number of primary sulfonamides is 1. The number of fused-ring (bicyclic) bond motifs is 1. The van der Waals surface area contributed by atoms with Crippen molar-refractivity contribution in [3.63, 3.8) is 0 Å². The average Bonchev–Trinajstić information content (AvgIpc) is 2.65. The Morgan fingerprint density at radius 3 is 2.27 bits per heavy atom. The first kappa shape index (κ1) is 22.2. The lowest BCUT2D eigenvalue weighted by atomic mass is 9.94. The molecule has 0 aliphatic heterocycles. The number of nitrogens with zero attached hydrogens (tertiary/aromatic N) is 1. The quantitative estimate of drug-likeness (QED) is 0.598. The summed E-state index contributed by atoms with van der Waals surface area (Å²) in [6.07, 6.45) is 0.